The third kappa shape index (κ3) is 3.48. The molecule has 2 aromatic rings. The molecule has 4 rings (SSSR count). The van der Waals surface area contributed by atoms with Gasteiger partial charge in [0.05, 0.1) is 0 Å². The molecule has 1 saturated carbocycles. The Balaban J connectivity index is 1.32. The van der Waals surface area contributed by atoms with Crippen LogP contribution in [0, 0.1) is 0 Å². The molecule has 2 heterocycles. The van der Waals surface area contributed by atoms with Crippen molar-refractivity contribution in [2.75, 3.05) is 26.2 Å². The number of benzene rings is 1. The molecule has 122 valence electrons. The molecule has 0 atom stereocenters. The summed E-state index contributed by atoms with van der Waals surface area (Å²) in [6.45, 7) is 5.79. The summed E-state index contributed by atoms with van der Waals surface area (Å²) in [7, 11) is 0. The van der Waals surface area contributed by atoms with Crippen LogP contribution in [0.3, 0.4) is 0 Å². The van der Waals surface area contributed by atoms with E-state index >= 15 is 0 Å². The number of nitrogens with zero attached hydrogens (tertiary/aromatic N) is 3. The third-order valence-electron chi connectivity index (χ3n) is 5.32. The quantitative estimate of drug-likeness (QED) is 0.942. The Bertz CT molecular complexity index is 607. The monoisotopic (exact) mass is 310 g/mol. The Kier molecular flexibility index (Phi) is 4.44. The van der Waals surface area contributed by atoms with Crippen LogP contribution in [0.15, 0.2) is 36.5 Å². The zero-order valence-electron chi connectivity index (χ0n) is 13.7. The van der Waals surface area contributed by atoms with Crippen molar-refractivity contribution in [3.05, 3.63) is 42.2 Å². The molecule has 1 N–H and O–H groups in total. The van der Waals surface area contributed by atoms with Gasteiger partial charge in [-0.15, -0.1) is 0 Å². The number of rotatable bonds is 4. The fourth-order valence-electron chi connectivity index (χ4n) is 3.98. The summed E-state index contributed by atoms with van der Waals surface area (Å²) < 4.78 is 0. The topological polar surface area (TPSA) is 35.2 Å². The van der Waals surface area contributed by atoms with Crippen molar-refractivity contribution in [2.45, 2.75) is 38.3 Å². The lowest BCUT2D eigenvalue weighted by molar-refractivity contribution is 0.0930. The van der Waals surface area contributed by atoms with E-state index in [1.165, 1.54) is 57.6 Å². The van der Waals surface area contributed by atoms with Crippen molar-refractivity contribution in [3.8, 4) is 11.4 Å². The van der Waals surface area contributed by atoms with Crippen LogP contribution in [0.25, 0.3) is 11.4 Å². The predicted octanol–water partition coefficient (Wildman–Crippen LogP) is 3.14. The molecule has 0 bridgehead atoms. The number of piperazine rings is 1. The van der Waals surface area contributed by atoms with Gasteiger partial charge in [0.2, 0.25) is 0 Å². The summed E-state index contributed by atoms with van der Waals surface area (Å²) in [6.07, 6.45) is 7.69. The first-order valence-electron chi connectivity index (χ1n) is 8.94. The average molecular weight is 310 g/mol. The van der Waals surface area contributed by atoms with E-state index in [0.29, 0.717) is 0 Å². The lowest BCUT2D eigenvalue weighted by Gasteiger charge is -2.37. The second kappa shape index (κ2) is 6.85. The molecule has 0 radical (unpaired) electrons. The summed E-state index contributed by atoms with van der Waals surface area (Å²) in [5, 5.41) is 0. The van der Waals surface area contributed by atoms with E-state index in [4.69, 9.17) is 0 Å². The Labute approximate surface area is 138 Å². The summed E-state index contributed by atoms with van der Waals surface area (Å²) in [5.41, 5.74) is 2.38. The Morgan fingerprint density at radius 2 is 1.74 bits per heavy atom. The van der Waals surface area contributed by atoms with Gasteiger partial charge in [-0.1, -0.05) is 43.2 Å². The van der Waals surface area contributed by atoms with Crippen LogP contribution in [0.4, 0.5) is 0 Å². The molecule has 2 aliphatic rings. The minimum absolute atomic E-state index is 0.869. The fourth-order valence-corrected chi connectivity index (χ4v) is 3.98. The summed E-state index contributed by atoms with van der Waals surface area (Å²) >= 11 is 0. The molecule has 0 spiro atoms. The number of aromatic nitrogens is 2. The molecule has 23 heavy (non-hydrogen) atoms. The molecule has 4 nitrogen and oxygen atoms in total. The van der Waals surface area contributed by atoms with Gasteiger partial charge in [-0.05, 0) is 12.8 Å². The summed E-state index contributed by atoms with van der Waals surface area (Å²) in [6, 6.07) is 11.2. The van der Waals surface area contributed by atoms with E-state index in [2.05, 4.69) is 44.0 Å². The number of imidazole rings is 1. The molecule has 4 heteroatoms. The lowest BCUT2D eigenvalue weighted by Crippen LogP contribution is -2.49. The molecular formula is C19H26N4. The average Bonchev–Trinajstić information content (AvgIpc) is 3.28. The van der Waals surface area contributed by atoms with Crippen LogP contribution in [0.1, 0.15) is 31.4 Å². The highest BCUT2D eigenvalue weighted by Gasteiger charge is 2.26. The van der Waals surface area contributed by atoms with Gasteiger partial charge in [-0.25, -0.2) is 4.98 Å². The Morgan fingerprint density at radius 1 is 1.00 bits per heavy atom. The molecule has 2 fully saturated rings. The van der Waals surface area contributed by atoms with Gasteiger partial charge in [-0.2, -0.15) is 0 Å². The second-order valence-corrected chi connectivity index (χ2v) is 6.87. The molecular weight excluding hydrogens is 284 g/mol. The number of hydrogen-bond donors (Lipinski definition) is 1. The fraction of sp³-hybridized carbons (Fsp3) is 0.526. The highest BCUT2D eigenvalue weighted by molar-refractivity contribution is 5.54. The zero-order valence-corrected chi connectivity index (χ0v) is 13.7. The molecule has 1 aliphatic heterocycles. The minimum Gasteiger partial charge on any atom is -0.341 e. The van der Waals surface area contributed by atoms with Crippen LogP contribution >= 0.6 is 0 Å². The van der Waals surface area contributed by atoms with Crippen molar-refractivity contribution < 1.29 is 0 Å². The summed E-state index contributed by atoms with van der Waals surface area (Å²) in [5.74, 6) is 0.977. The number of H-pyrrole nitrogens is 1. The van der Waals surface area contributed by atoms with Crippen molar-refractivity contribution in [3.63, 3.8) is 0 Å². The minimum atomic E-state index is 0.869. The van der Waals surface area contributed by atoms with E-state index in [0.717, 1.165) is 24.0 Å². The van der Waals surface area contributed by atoms with Crippen LogP contribution in [-0.4, -0.2) is 52.0 Å². The molecule has 1 saturated heterocycles. The van der Waals surface area contributed by atoms with Crippen molar-refractivity contribution in [2.24, 2.45) is 0 Å². The van der Waals surface area contributed by atoms with Crippen molar-refractivity contribution in [1.82, 2.24) is 19.8 Å². The smallest absolute Gasteiger partial charge is 0.137 e. The Morgan fingerprint density at radius 3 is 2.48 bits per heavy atom. The first kappa shape index (κ1) is 14.9. The largest absolute Gasteiger partial charge is 0.341 e. The van der Waals surface area contributed by atoms with Gasteiger partial charge in [0.15, 0.2) is 0 Å². The first-order valence-corrected chi connectivity index (χ1v) is 8.94. The van der Waals surface area contributed by atoms with E-state index in [-0.39, 0.29) is 0 Å². The van der Waals surface area contributed by atoms with Gasteiger partial charge in [0, 0.05) is 56.2 Å². The molecule has 0 amide bonds. The third-order valence-corrected chi connectivity index (χ3v) is 5.32. The zero-order chi connectivity index (χ0) is 15.5. The SMILES string of the molecule is c1ccc(-c2ncc(CN3CCN(C4CCCC4)CC3)[nH]2)cc1. The number of nitrogens with one attached hydrogen (secondary N) is 1. The van der Waals surface area contributed by atoms with Crippen LogP contribution in [0.2, 0.25) is 0 Å². The van der Waals surface area contributed by atoms with Crippen molar-refractivity contribution in [1.29, 1.82) is 0 Å². The highest BCUT2D eigenvalue weighted by atomic mass is 15.3. The standard InChI is InChI=1S/C19H26N4/c1-2-6-16(7-3-1)19-20-14-17(21-19)15-22-10-12-23(13-11-22)18-8-4-5-9-18/h1-3,6-7,14,18H,4-5,8-13,15H2,(H,20,21). The van der Waals surface area contributed by atoms with Crippen LogP contribution < -0.4 is 0 Å². The maximum absolute atomic E-state index is 4.54. The maximum Gasteiger partial charge on any atom is 0.137 e. The Hall–Kier alpha value is -1.65. The van der Waals surface area contributed by atoms with Crippen LogP contribution in [-0.2, 0) is 6.54 Å². The van der Waals surface area contributed by atoms with E-state index in [1.807, 2.05) is 12.3 Å². The van der Waals surface area contributed by atoms with Crippen molar-refractivity contribution >= 4 is 0 Å². The van der Waals surface area contributed by atoms with Gasteiger partial charge < -0.3 is 4.98 Å². The first-order chi connectivity index (χ1) is 11.4. The van der Waals surface area contributed by atoms with Gasteiger partial charge >= 0.3 is 0 Å². The number of aromatic amines is 1. The second-order valence-electron chi connectivity index (χ2n) is 6.87. The predicted molar refractivity (Wildman–Crippen MR) is 93.1 cm³/mol. The highest BCUT2D eigenvalue weighted by Crippen LogP contribution is 2.24. The molecule has 1 aromatic carbocycles. The molecule has 0 unspecified atom stereocenters. The van der Waals surface area contributed by atoms with E-state index in [9.17, 15) is 0 Å². The van der Waals surface area contributed by atoms with Gasteiger partial charge in [0.1, 0.15) is 5.82 Å². The summed E-state index contributed by atoms with van der Waals surface area (Å²) in [4.78, 5) is 13.3. The van der Waals surface area contributed by atoms with E-state index < -0.39 is 0 Å². The number of hydrogen-bond acceptors (Lipinski definition) is 3. The normalized spacial score (nSPS) is 21.0. The molecule has 1 aliphatic carbocycles. The van der Waals surface area contributed by atoms with E-state index in [1.54, 1.807) is 0 Å². The molecule has 1 aromatic heterocycles. The van der Waals surface area contributed by atoms with Gasteiger partial charge in [0.25, 0.3) is 0 Å². The van der Waals surface area contributed by atoms with Crippen LogP contribution in [0.5, 0.6) is 0 Å². The van der Waals surface area contributed by atoms with Gasteiger partial charge in [-0.3, -0.25) is 9.80 Å². The lowest BCUT2D eigenvalue weighted by atomic mass is 10.2. The maximum atomic E-state index is 4.54.